The summed E-state index contributed by atoms with van der Waals surface area (Å²) in [6.07, 6.45) is 1.77. The highest BCUT2D eigenvalue weighted by atomic mass is 28.4. The maximum Gasteiger partial charge on any atom is 0.375 e. The molecule has 0 saturated heterocycles. The van der Waals surface area contributed by atoms with E-state index in [0.29, 0.717) is 0 Å². The first-order chi connectivity index (χ1) is 4.68. The Morgan fingerprint density at radius 3 is 2.40 bits per heavy atom. The van der Waals surface area contributed by atoms with Crippen LogP contribution in [0.15, 0.2) is 12.7 Å². The van der Waals surface area contributed by atoms with E-state index in [4.69, 9.17) is 9.00 Å². The fourth-order valence-corrected chi connectivity index (χ4v) is 1.77. The van der Waals surface area contributed by atoms with Gasteiger partial charge in [0.15, 0.2) is 0 Å². The van der Waals surface area contributed by atoms with Crippen LogP contribution in [0.5, 0.6) is 0 Å². The van der Waals surface area contributed by atoms with Crippen molar-refractivity contribution in [1.29, 1.82) is 0 Å². The Bertz CT molecular complexity index is 107. The van der Waals surface area contributed by atoms with Crippen molar-refractivity contribution >= 4 is 8.56 Å². The van der Waals surface area contributed by atoms with Gasteiger partial charge in [-0.2, -0.15) is 0 Å². The van der Waals surface area contributed by atoms with Crippen LogP contribution in [0.2, 0.25) is 12.6 Å². The molecular formula is C6H14O3Si. The van der Waals surface area contributed by atoms with Crippen molar-refractivity contribution in [2.24, 2.45) is 0 Å². The van der Waals surface area contributed by atoms with Crippen LogP contribution in [0.3, 0.4) is 0 Å². The quantitative estimate of drug-likeness (QED) is 0.265. The summed E-state index contributed by atoms with van der Waals surface area (Å²) in [5.74, 6) is 0. The fourth-order valence-electron chi connectivity index (χ4n) is 0.590. The zero-order valence-corrected chi connectivity index (χ0v) is 7.72. The lowest BCUT2D eigenvalue weighted by Gasteiger charge is -2.20. The molecule has 0 aliphatic carbocycles. The van der Waals surface area contributed by atoms with Gasteiger partial charge in [-0.25, -0.2) is 4.89 Å². The Kier molecular flexibility index (Phi) is 4.55. The van der Waals surface area contributed by atoms with E-state index < -0.39 is 8.56 Å². The summed E-state index contributed by atoms with van der Waals surface area (Å²) < 4.78 is 10.1. The monoisotopic (exact) mass is 162 g/mol. The van der Waals surface area contributed by atoms with E-state index in [1.165, 1.54) is 7.11 Å². The van der Waals surface area contributed by atoms with Gasteiger partial charge in [-0.3, -0.25) is 4.58 Å². The molecule has 1 atom stereocenters. The molecule has 10 heavy (non-hydrogen) atoms. The van der Waals surface area contributed by atoms with Gasteiger partial charge >= 0.3 is 8.56 Å². The van der Waals surface area contributed by atoms with Gasteiger partial charge in [0.2, 0.25) is 0 Å². The average Bonchev–Trinajstić information content (AvgIpc) is 1.89. The highest BCUT2D eigenvalue weighted by Crippen LogP contribution is 2.11. The van der Waals surface area contributed by atoms with Crippen molar-refractivity contribution in [2.45, 2.75) is 12.6 Å². The molecule has 4 heteroatoms. The van der Waals surface area contributed by atoms with E-state index in [9.17, 15) is 0 Å². The lowest BCUT2D eigenvalue weighted by atomic mass is 10.8. The number of rotatable bonds is 5. The summed E-state index contributed by atoms with van der Waals surface area (Å²) >= 11 is 0. The maximum absolute atomic E-state index is 5.14. The van der Waals surface area contributed by atoms with Crippen LogP contribution in [0.1, 0.15) is 0 Å². The Morgan fingerprint density at radius 2 is 2.10 bits per heavy atom. The van der Waals surface area contributed by atoms with Gasteiger partial charge in [-0.15, -0.1) is 6.58 Å². The Morgan fingerprint density at radius 1 is 1.50 bits per heavy atom. The summed E-state index contributed by atoms with van der Waals surface area (Å²) in [5.41, 5.74) is 0. The predicted octanol–water partition coefficient (Wildman–Crippen LogP) is 1.47. The van der Waals surface area contributed by atoms with Crippen molar-refractivity contribution in [3.05, 3.63) is 12.7 Å². The van der Waals surface area contributed by atoms with Crippen molar-refractivity contribution in [2.75, 3.05) is 14.2 Å². The minimum atomic E-state index is -2.06. The van der Waals surface area contributed by atoms with Crippen LogP contribution < -0.4 is 0 Å². The maximum atomic E-state index is 5.14. The molecule has 3 nitrogen and oxygen atoms in total. The van der Waals surface area contributed by atoms with Crippen molar-refractivity contribution < 1.29 is 13.9 Å². The van der Waals surface area contributed by atoms with Crippen LogP contribution >= 0.6 is 0 Å². The molecule has 0 aromatic heterocycles. The summed E-state index contributed by atoms with van der Waals surface area (Å²) in [4.78, 5) is 4.54. The summed E-state index contributed by atoms with van der Waals surface area (Å²) in [6.45, 7) is 5.51. The van der Waals surface area contributed by atoms with Gasteiger partial charge in [-0.1, -0.05) is 6.08 Å². The summed E-state index contributed by atoms with van der Waals surface area (Å²) in [5, 5.41) is 0. The topological polar surface area (TPSA) is 27.7 Å². The minimum absolute atomic E-state index is 0.733. The van der Waals surface area contributed by atoms with Gasteiger partial charge in [0.25, 0.3) is 0 Å². The molecule has 0 amide bonds. The first-order valence-corrected chi connectivity index (χ1v) is 5.59. The smallest absolute Gasteiger partial charge is 0.375 e. The van der Waals surface area contributed by atoms with Gasteiger partial charge in [-0.05, 0) is 6.55 Å². The van der Waals surface area contributed by atoms with Gasteiger partial charge in [0, 0.05) is 13.2 Å². The minimum Gasteiger partial charge on any atom is -0.396 e. The second kappa shape index (κ2) is 4.62. The SMILES string of the molecule is C=CC[Si](C)(OC)OOC. The first kappa shape index (κ1) is 9.84. The van der Waals surface area contributed by atoms with E-state index in [1.54, 1.807) is 13.2 Å². The normalized spacial score (nSPS) is 16.3. The number of hydrogen-bond acceptors (Lipinski definition) is 3. The van der Waals surface area contributed by atoms with E-state index >= 15 is 0 Å². The molecule has 0 saturated carbocycles. The second-order valence-corrected chi connectivity index (χ2v) is 5.33. The molecule has 1 unspecified atom stereocenters. The molecule has 0 rings (SSSR count). The Labute approximate surface area is 62.8 Å². The molecule has 0 heterocycles. The van der Waals surface area contributed by atoms with Crippen molar-refractivity contribution in [3.8, 4) is 0 Å². The van der Waals surface area contributed by atoms with Crippen LogP contribution in [0, 0.1) is 0 Å². The number of allylic oxidation sites excluding steroid dienone is 1. The van der Waals surface area contributed by atoms with Gasteiger partial charge < -0.3 is 4.43 Å². The van der Waals surface area contributed by atoms with Crippen LogP contribution in [-0.4, -0.2) is 22.8 Å². The van der Waals surface area contributed by atoms with Crippen LogP contribution in [0.25, 0.3) is 0 Å². The predicted molar refractivity (Wildman–Crippen MR) is 41.7 cm³/mol. The molecule has 0 aliphatic heterocycles. The van der Waals surface area contributed by atoms with E-state index in [1.807, 2.05) is 6.55 Å². The van der Waals surface area contributed by atoms with E-state index in [-0.39, 0.29) is 0 Å². The highest BCUT2D eigenvalue weighted by Gasteiger charge is 2.29. The molecule has 0 aliphatic rings. The van der Waals surface area contributed by atoms with Gasteiger partial charge in [0.05, 0.1) is 7.11 Å². The zero-order valence-electron chi connectivity index (χ0n) is 6.72. The van der Waals surface area contributed by atoms with Crippen molar-refractivity contribution in [1.82, 2.24) is 0 Å². The first-order valence-electron chi connectivity index (χ1n) is 3.06. The van der Waals surface area contributed by atoms with Crippen molar-refractivity contribution in [3.63, 3.8) is 0 Å². The molecule has 0 bridgehead atoms. The summed E-state index contributed by atoms with van der Waals surface area (Å²) in [7, 11) is 1.04. The molecule has 0 aromatic carbocycles. The lowest BCUT2D eigenvalue weighted by Crippen LogP contribution is -2.36. The molecular weight excluding hydrogens is 148 g/mol. The molecule has 60 valence electrons. The molecule has 0 radical (unpaired) electrons. The average molecular weight is 162 g/mol. The zero-order chi connectivity index (χ0) is 8.04. The van der Waals surface area contributed by atoms with Gasteiger partial charge in [0.1, 0.15) is 0 Å². The van der Waals surface area contributed by atoms with Crippen LogP contribution in [0.4, 0.5) is 0 Å². The van der Waals surface area contributed by atoms with E-state index in [2.05, 4.69) is 11.5 Å². The fraction of sp³-hybridized carbons (Fsp3) is 0.667. The Hall–Kier alpha value is -0.163. The second-order valence-electron chi connectivity index (χ2n) is 2.08. The highest BCUT2D eigenvalue weighted by molar-refractivity contribution is 6.66. The Balaban J connectivity index is 3.80. The molecule has 0 aromatic rings. The lowest BCUT2D eigenvalue weighted by molar-refractivity contribution is -0.204. The third-order valence-corrected chi connectivity index (χ3v) is 3.62. The largest absolute Gasteiger partial charge is 0.396 e. The van der Waals surface area contributed by atoms with E-state index in [0.717, 1.165) is 6.04 Å². The standard InChI is InChI=1S/C6H14O3Si/c1-5-6-10(4,8-3)9-7-2/h5H,1,6H2,2-4H3. The van der Waals surface area contributed by atoms with Crippen LogP contribution in [-0.2, 0) is 13.9 Å². The third-order valence-electron chi connectivity index (χ3n) is 1.21. The molecule has 0 N–H and O–H groups in total. The molecule has 0 spiro atoms. The third kappa shape index (κ3) is 3.12. The number of hydrogen-bond donors (Lipinski definition) is 0. The summed E-state index contributed by atoms with van der Waals surface area (Å²) in [6, 6.07) is 0.733. The molecule has 0 fully saturated rings.